The SMILES string of the molecule is CCOC(=O)c1ccc2c(c1)sc1ncc(-c3cccc([N+](=O)[O-])c3)n12. The van der Waals surface area contributed by atoms with Gasteiger partial charge in [0.1, 0.15) is 0 Å². The standard InChI is InChI=1S/C18H13N3O4S/c1-2-25-17(22)12-6-7-14-16(9-12)26-18-19-10-15(20(14)18)11-4-3-5-13(8-11)21(23)24/h3-10H,2H2,1H3. The zero-order chi connectivity index (χ0) is 18.3. The number of nitrogens with zero attached hydrogens (tertiary/aromatic N) is 3. The minimum Gasteiger partial charge on any atom is -0.462 e. The van der Waals surface area contributed by atoms with Crippen LogP contribution >= 0.6 is 11.3 Å². The predicted molar refractivity (Wildman–Crippen MR) is 98.6 cm³/mol. The molecular weight excluding hydrogens is 354 g/mol. The van der Waals surface area contributed by atoms with Crippen LogP contribution in [0.15, 0.2) is 48.7 Å². The number of ether oxygens (including phenoxy) is 1. The number of carbonyl (C=O) groups excluding carboxylic acids is 1. The van der Waals surface area contributed by atoms with Crippen molar-refractivity contribution in [1.29, 1.82) is 0 Å². The second kappa shape index (κ2) is 6.23. The Kier molecular flexibility index (Phi) is 3.89. The number of non-ortho nitro benzene ring substituents is 1. The number of hydrogen-bond donors (Lipinski definition) is 0. The lowest BCUT2D eigenvalue weighted by Crippen LogP contribution is -2.04. The van der Waals surface area contributed by atoms with Crippen LogP contribution < -0.4 is 0 Å². The van der Waals surface area contributed by atoms with Gasteiger partial charge in [-0.3, -0.25) is 14.5 Å². The highest BCUT2D eigenvalue weighted by atomic mass is 32.1. The number of nitro benzene ring substituents is 1. The first kappa shape index (κ1) is 16.2. The molecule has 0 bridgehead atoms. The maximum atomic E-state index is 11.9. The van der Waals surface area contributed by atoms with Gasteiger partial charge in [-0.2, -0.15) is 0 Å². The van der Waals surface area contributed by atoms with Crippen LogP contribution in [0.5, 0.6) is 0 Å². The minimum atomic E-state index is -0.418. The number of esters is 1. The molecule has 2 aromatic heterocycles. The molecule has 0 spiro atoms. The fourth-order valence-corrected chi connectivity index (χ4v) is 3.88. The molecule has 4 aromatic rings. The first-order valence-corrected chi connectivity index (χ1v) is 8.72. The van der Waals surface area contributed by atoms with Crippen molar-refractivity contribution in [2.45, 2.75) is 6.92 Å². The molecule has 0 aliphatic carbocycles. The largest absolute Gasteiger partial charge is 0.462 e. The summed E-state index contributed by atoms with van der Waals surface area (Å²) in [4.78, 5) is 27.7. The van der Waals surface area contributed by atoms with E-state index in [1.165, 1.54) is 23.5 Å². The molecule has 0 atom stereocenters. The Morgan fingerprint density at radius 1 is 1.31 bits per heavy atom. The van der Waals surface area contributed by atoms with Crippen LogP contribution in [0.1, 0.15) is 17.3 Å². The van der Waals surface area contributed by atoms with Crippen LogP contribution in [0, 0.1) is 10.1 Å². The molecule has 0 aliphatic rings. The maximum Gasteiger partial charge on any atom is 0.338 e. The van der Waals surface area contributed by atoms with Gasteiger partial charge in [0.2, 0.25) is 0 Å². The molecule has 0 saturated carbocycles. The fourth-order valence-electron chi connectivity index (χ4n) is 2.84. The number of fused-ring (bicyclic) bond motifs is 3. The lowest BCUT2D eigenvalue weighted by Gasteiger charge is -2.03. The molecule has 130 valence electrons. The third-order valence-corrected chi connectivity index (χ3v) is 5.01. The summed E-state index contributed by atoms with van der Waals surface area (Å²) in [5, 5.41) is 11.0. The average molecular weight is 367 g/mol. The summed E-state index contributed by atoms with van der Waals surface area (Å²) in [6.07, 6.45) is 1.70. The van der Waals surface area contributed by atoms with E-state index >= 15 is 0 Å². The van der Waals surface area contributed by atoms with Crippen molar-refractivity contribution >= 4 is 38.2 Å². The summed E-state index contributed by atoms with van der Waals surface area (Å²) >= 11 is 1.45. The molecule has 2 aromatic carbocycles. The number of imidazole rings is 1. The molecule has 4 rings (SSSR count). The number of thiazole rings is 1. The minimum absolute atomic E-state index is 0.0292. The van der Waals surface area contributed by atoms with Gasteiger partial charge in [0.25, 0.3) is 5.69 Å². The van der Waals surface area contributed by atoms with E-state index in [4.69, 9.17) is 4.74 Å². The van der Waals surface area contributed by atoms with Crippen LogP contribution in [0.4, 0.5) is 5.69 Å². The number of carbonyl (C=O) groups is 1. The highest BCUT2D eigenvalue weighted by Crippen LogP contribution is 2.33. The third kappa shape index (κ3) is 2.60. The summed E-state index contributed by atoms with van der Waals surface area (Å²) in [6, 6.07) is 11.8. The van der Waals surface area contributed by atoms with Crippen molar-refractivity contribution in [3.63, 3.8) is 0 Å². The lowest BCUT2D eigenvalue weighted by atomic mass is 10.1. The Morgan fingerprint density at radius 3 is 2.92 bits per heavy atom. The molecule has 0 radical (unpaired) electrons. The van der Waals surface area contributed by atoms with E-state index in [1.54, 1.807) is 31.3 Å². The predicted octanol–water partition coefficient (Wildman–Crippen LogP) is 4.30. The number of hydrogen-bond acceptors (Lipinski definition) is 6. The van der Waals surface area contributed by atoms with E-state index in [9.17, 15) is 14.9 Å². The van der Waals surface area contributed by atoms with E-state index in [1.807, 2.05) is 16.5 Å². The highest BCUT2D eigenvalue weighted by Gasteiger charge is 2.16. The fraction of sp³-hybridized carbons (Fsp3) is 0.111. The average Bonchev–Trinajstić information content (AvgIpc) is 3.20. The Labute approximate surface area is 151 Å². The molecule has 7 nitrogen and oxygen atoms in total. The second-order valence-corrected chi connectivity index (χ2v) is 6.58. The molecule has 0 N–H and O–H groups in total. The van der Waals surface area contributed by atoms with E-state index < -0.39 is 4.92 Å². The first-order chi connectivity index (χ1) is 12.6. The highest BCUT2D eigenvalue weighted by molar-refractivity contribution is 7.23. The molecular formula is C18H13N3O4S. The topological polar surface area (TPSA) is 86.7 Å². The van der Waals surface area contributed by atoms with Gasteiger partial charge in [-0.25, -0.2) is 9.78 Å². The van der Waals surface area contributed by atoms with Crippen LogP contribution in [0.25, 0.3) is 26.4 Å². The molecule has 26 heavy (non-hydrogen) atoms. The van der Waals surface area contributed by atoms with Crippen LogP contribution in [-0.2, 0) is 4.74 Å². The third-order valence-electron chi connectivity index (χ3n) is 4.00. The Bertz CT molecular complexity index is 1160. The second-order valence-electron chi connectivity index (χ2n) is 5.57. The quantitative estimate of drug-likeness (QED) is 0.305. The smallest absolute Gasteiger partial charge is 0.338 e. The van der Waals surface area contributed by atoms with Gasteiger partial charge in [-0.1, -0.05) is 23.5 Å². The van der Waals surface area contributed by atoms with Crippen molar-refractivity contribution in [1.82, 2.24) is 9.38 Å². The molecule has 0 amide bonds. The summed E-state index contributed by atoms with van der Waals surface area (Å²) in [5.41, 5.74) is 2.87. The summed E-state index contributed by atoms with van der Waals surface area (Å²) in [7, 11) is 0. The van der Waals surface area contributed by atoms with Crippen molar-refractivity contribution in [2.24, 2.45) is 0 Å². The van der Waals surface area contributed by atoms with Crippen molar-refractivity contribution in [2.75, 3.05) is 6.61 Å². The molecule has 0 fully saturated rings. The molecule has 0 unspecified atom stereocenters. The zero-order valence-electron chi connectivity index (χ0n) is 13.7. The summed E-state index contributed by atoms with van der Waals surface area (Å²) < 4.78 is 7.87. The molecule has 2 heterocycles. The van der Waals surface area contributed by atoms with Crippen LogP contribution in [0.3, 0.4) is 0 Å². The Balaban J connectivity index is 1.87. The van der Waals surface area contributed by atoms with E-state index in [2.05, 4.69) is 4.98 Å². The monoisotopic (exact) mass is 367 g/mol. The lowest BCUT2D eigenvalue weighted by molar-refractivity contribution is -0.384. The summed E-state index contributed by atoms with van der Waals surface area (Å²) in [5.74, 6) is -0.362. The van der Waals surface area contributed by atoms with Crippen molar-refractivity contribution in [3.8, 4) is 11.3 Å². The van der Waals surface area contributed by atoms with Gasteiger partial charge in [-0.15, -0.1) is 0 Å². The maximum absolute atomic E-state index is 11.9. The number of rotatable bonds is 4. The normalized spacial score (nSPS) is 11.1. The Morgan fingerprint density at radius 2 is 2.15 bits per heavy atom. The van der Waals surface area contributed by atoms with Gasteiger partial charge in [0, 0.05) is 17.7 Å². The molecule has 8 heteroatoms. The van der Waals surface area contributed by atoms with Gasteiger partial charge in [-0.05, 0) is 25.1 Å². The van der Waals surface area contributed by atoms with E-state index in [0.29, 0.717) is 17.7 Å². The number of nitro groups is 1. The Hall–Kier alpha value is -3.26. The van der Waals surface area contributed by atoms with Gasteiger partial charge in [0.05, 0.1) is 39.2 Å². The van der Waals surface area contributed by atoms with Gasteiger partial charge in [0.15, 0.2) is 4.96 Å². The van der Waals surface area contributed by atoms with Crippen LogP contribution in [0.2, 0.25) is 0 Å². The summed E-state index contributed by atoms with van der Waals surface area (Å²) in [6.45, 7) is 2.09. The first-order valence-electron chi connectivity index (χ1n) is 7.90. The molecule has 0 aliphatic heterocycles. The van der Waals surface area contributed by atoms with Gasteiger partial charge < -0.3 is 4.74 Å². The van der Waals surface area contributed by atoms with Crippen LogP contribution in [-0.4, -0.2) is 26.9 Å². The van der Waals surface area contributed by atoms with Crippen molar-refractivity contribution in [3.05, 3.63) is 64.3 Å². The van der Waals surface area contributed by atoms with Gasteiger partial charge >= 0.3 is 5.97 Å². The number of benzene rings is 2. The van der Waals surface area contributed by atoms with E-state index in [-0.39, 0.29) is 11.7 Å². The zero-order valence-corrected chi connectivity index (χ0v) is 14.5. The van der Waals surface area contributed by atoms with E-state index in [0.717, 1.165) is 20.9 Å². The number of aromatic nitrogens is 2. The van der Waals surface area contributed by atoms with Crippen molar-refractivity contribution < 1.29 is 14.5 Å². The molecule has 0 saturated heterocycles.